The van der Waals surface area contributed by atoms with Gasteiger partial charge in [0.15, 0.2) is 17.5 Å². The van der Waals surface area contributed by atoms with Crippen molar-refractivity contribution in [2.45, 2.75) is 59.0 Å². The first kappa shape index (κ1) is 35.1. The summed E-state index contributed by atoms with van der Waals surface area (Å²) in [6.45, 7) is 0. The Hall–Kier alpha value is -2.40. The molecule has 0 aliphatic rings. The molecule has 0 spiro atoms. The number of carboxylic acids is 1. The summed E-state index contributed by atoms with van der Waals surface area (Å²) in [7, 11) is 0. The van der Waals surface area contributed by atoms with Crippen LogP contribution < -0.4 is 10.1 Å². The van der Waals surface area contributed by atoms with Crippen molar-refractivity contribution in [3.63, 3.8) is 0 Å². The van der Waals surface area contributed by atoms with Gasteiger partial charge in [0.1, 0.15) is 5.75 Å². The quantitative estimate of drug-likeness (QED) is 0.0781. The van der Waals surface area contributed by atoms with E-state index in [9.17, 15) is 14.4 Å². The molecule has 0 fully saturated rings. The average molecular weight is 711 g/mol. The van der Waals surface area contributed by atoms with Crippen molar-refractivity contribution in [2.75, 3.05) is 5.32 Å². The molecule has 0 bridgehead atoms. The number of alkyl halides is 6. The third-order valence-corrected chi connectivity index (χ3v) is 6.93. The van der Waals surface area contributed by atoms with Gasteiger partial charge in [-0.3, -0.25) is 14.4 Å². The first-order valence-corrected chi connectivity index (χ1v) is 15.3. The Morgan fingerprint density at radius 1 is 0.698 bits per heavy atom. The summed E-state index contributed by atoms with van der Waals surface area (Å²) >= 11 is 35.6. The zero-order valence-electron chi connectivity index (χ0n) is 22.5. The largest absolute Gasteiger partial charge is 0.481 e. The van der Waals surface area contributed by atoms with Gasteiger partial charge in [0.05, 0.1) is 0 Å². The van der Waals surface area contributed by atoms with Gasteiger partial charge in [0.25, 0.3) is 5.91 Å². The number of esters is 1. The number of carbonyl (C=O) groups excluding carboxylic acids is 2. The number of anilines is 1. The molecule has 1 aromatic heterocycles. The van der Waals surface area contributed by atoms with Crippen LogP contribution in [0.25, 0.3) is 11.4 Å². The number of aromatic nitrogens is 3. The topological polar surface area (TPSA) is 131 Å². The molecule has 3 rings (SSSR count). The van der Waals surface area contributed by atoms with Crippen LogP contribution in [-0.2, 0) is 17.2 Å². The average Bonchev–Trinajstić information content (AvgIpc) is 2.94. The van der Waals surface area contributed by atoms with Crippen molar-refractivity contribution in [1.82, 2.24) is 15.0 Å². The van der Waals surface area contributed by atoms with E-state index in [1.54, 1.807) is 48.5 Å². The van der Waals surface area contributed by atoms with Crippen LogP contribution in [0, 0.1) is 0 Å². The molecule has 0 aliphatic heterocycles. The number of aliphatic carboxylic acids is 1. The van der Waals surface area contributed by atoms with Gasteiger partial charge in [-0.2, -0.15) is 0 Å². The first-order valence-electron chi connectivity index (χ1n) is 13.1. The van der Waals surface area contributed by atoms with E-state index in [-0.39, 0.29) is 42.2 Å². The number of halogens is 6. The zero-order chi connectivity index (χ0) is 31.6. The zero-order valence-corrected chi connectivity index (χ0v) is 27.0. The number of hydrogen-bond acceptors (Lipinski definition) is 7. The number of rotatable bonds is 13. The van der Waals surface area contributed by atoms with E-state index in [0.29, 0.717) is 35.4 Å². The molecule has 0 radical (unpaired) electrons. The number of amides is 1. The van der Waals surface area contributed by atoms with Gasteiger partial charge in [0, 0.05) is 29.7 Å². The minimum atomic E-state index is -1.99. The summed E-state index contributed by atoms with van der Waals surface area (Å²) in [4.78, 5) is 47.6. The lowest BCUT2D eigenvalue weighted by Gasteiger charge is -2.15. The summed E-state index contributed by atoms with van der Waals surface area (Å²) < 4.78 is 1.37. The molecule has 0 aliphatic carbocycles. The highest BCUT2D eigenvalue weighted by molar-refractivity contribution is 6.67. The summed E-state index contributed by atoms with van der Waals surface area (Å²) in [6, 6.07) is 12.7. The summed E-state index contributed by atoms with van der Waals surface area (Å²) in [5.74, 6) is -1.55. The molecule has 0 atom stereocenters. The fourth-order valence-electron chi connectivity index (χ4n) is 3.77. The van der Waals surface area contributed by atoms with Crippen molar-refractivity contribution in [1.29, 1.82) is 0 Å². The highest BCUT2D eigenvalue weighted by Crippen LogP contribution is 2.40. The molecule has 43 heavy (non-hydrogen) atoms. The predicted octanol–water partition coefficient (Wildman–Crippen LogP) is 8.56. The Labute approximate surface area is 278 Å². The smallest absolute Gasteiger partial charge is 0.311 e. The number of nitrogens with zero attached hydrogens (tertiary/aromatic N) is 3. The van der Waals surface area contributed by atoms with Gasteiger partial charge in [-0.1, -0.05) is 95.3 Å². The van der Waals surface area contributed by atoms with Gasteiger partial charge in [0.2, 0.25) is 7.59 Å². The van der Waals surface area contributed by atoms with Crippen LogP contribution in [0.5, 0.6) is 5.75 Å². The molecule has 230 valence electrons. The fraction of sp³-hybridized carbons (Fsp3) is 0.357. The fourth-order valence-corrected chi connectivity index (χ4v) is 4.28. The molecule has 2 N–H and O–H groups in total. The Bertz CT molecular complexity index is 1380. The maximum absolute atomic E-state index is 12.7. The van der Waals surface area contributed by atoms with E-state index in [1.807, 2.05) is 0 Å². The van der Waals surface area contributed by atoms with Crippen LogP contribution in [0.2, 0.25) is 0 Å². The third-order valence-electron chi connectivity index (χ3n) is 5.91. The van der Waals surface area contributed by atoms with Gasteiger partial charge in [-0.05, 0) is 61.4 Å². The number of ether oxygens (including phenoxy) is 1. The lowest BCUT2D eigenvalue weighted by Crippen LogP contribution is -2.16. The second kappa shape index (κ2) is 16.1. The maximum Gasteiger partial charge on any atom is 0.311 e. The van der Waals surface area contributed by atoms with Crippen molar-refractivity contribution in [2.24, 2.45) is 0 Å². The number of benzene rings is 2. The van der Waals surface area contributed by atoms with Crippen LogP contribution in [0.3, 0.4) is 0 Å². The molecule has 2 aromatic carbocycles. The van der Waals surface area contributed by atoms with Crippen LogP contribution in [0.1, 0.15) is 73.4 Å². The van der Waals surface area contributed by atoms with E-state index in [0.717, 1.165) is 25.7 Å². The van der Waals surface area contributed by atoms with Gasteiger partial charge < -0.3 is 15.2 Å². The van der Waals surface area contributed by atoms with Gasteiger partial charge in [-0.15, -0.1) is 0 Å². The predicted molar refractivity (Wildman–Crippen MR) is 168 cm³/mol. The molecular formula is C28H26Cl6N4O5. The summed E-state index contributed by atoms with van der Waals surface area (Å²) in [5, 5.41) is 11.4. The Morgan fingerprint density at radius 3 is 1.72 bits per heavy atom. The molecule has 3 aromatic rings. The van der Waals surface area contributed by atoms with Crippen LogP contribution >= 0.6 is 69.6 Å². The highest BCUT2D eigenvalue weighted by Gasteiger charge is 2.34. The lowest BCUT2D eigenvalue weighted by atomic mass is 10.1. The van der Waals surface area contributed by atoms with Crippen molar-refractivity contribution in [3.8, 4) is 17.1 Å². The number of carboxylic acid groups (broad SMARTS) is 1. The molecule has 0 unspecified atom stereocenters. The molecule has 1 amide bonds. The Morgan fingerprint density at radius 2 is 1.21 bits per heavy atom. The second-order valence-electron chi connectivity index (χ2n) is 9.35. The molecule has 1 heterocycles. The monoisotopic (exact) mass is 708 g/mol. The Balaban J connectivity index is 1.52. The SMILES string of the molecule is O=C(O)CCCCCCCCC(=O)Oc1ccc(C(=O)Nc2ccc(-c3nc(C(Cl)(Cl)Cl)nc(C(Cl)(Cl)Cl)n3)cc2)cc1. The number of nitrogens with one attached hydrogen (secondary N) is 1. The molecular weight excluding hydrogens is 685 g/mol. The first-order chi connectivity index (χ1) is 20.2. The van der Waals surface area contributed by atoms with Crippen LogP contribution in [0.15, 0.2) is 48.5 Å². The minimum absolute atomic E-state index is 0.0913. The van der Waals surface area contributed by atoms with E-state index in [1.165, 1.54) is 0 Å². The summed E-state index contributed by atoms with van der Waals surface area (Å²) in [5.41, 5.74) is 1.31. The van der Waals surface area contributed by atoms with Crippen molar-refractivity contribution in [3.05, 3.63) is 65.7 Å². The second-order valence-corrected chi connectivity index (χ2v) is 13.9. The lowest BCUT2D eigenvalue weighted by molar-refractivity contribution is -0.137. The van der Waals surface area contributed by atoms with Crippen molar-refractivity contribution < 1.29 is 24.2 Å². The van der Waals surface area contributed by atoms with E-state index in [4.69, 9.17) is 79.4 Å². The normalized spacial score (nSPS) is 11.7. The highest BCUT2D eigenvalue weighted by atomic mass is 35.6. The number of unbranched alkanes of at least 4 members (excludes halogenated alkanes) is 5. The summed E-state index contributed by atoms with van der Waals surface area (Å²) in [6.07, 6.45) is 5.42. The number of hydrogen-bond donors (Lipinski definition) is 2. The number of carbonyl (C=O) groups is 3. The maximum atomic E-state index is 12.7. The van der Waals surface area contributed by atoms with Gasteiger partial charge >= 0.3 is 11.9 Å². The van der Waals surface area contributed by atoms with Crippen LogP contribution in [-0.4, -0.2) is 37.9 Å². The standard InChI is InChI=1S/C28H26Cl6N4O5/c29-27(30,31)25-36-23(37-26(38-25)28(32,33)34)17-9-13-19(14-10-17)35-24(42)18-11-15-20(16-12-18)43-22(41)8-6-4-2-1-3-5-7-21(39)40/h9-16H,1-8H2,(H,35,42)(H,39,40). The van der Waals surface area contributed by atoms with Crippen LogP contribution in [0.4, 0.5) is 5.69 Å². The molecule has 9 nitrogen and oxygen atoms in total. The van der Waals surface area contributed by atoms with Crippen molar-refractivity contribution >= 4 is 93.1 Å². The van der Waals surface area contributed by atoms with Gasteiger partial charge in [-0.25, -0.2) is 15.0 Å². The molecule has 15 heteroatoms. The third kappa shape index (κ3) is 11.9. The van der Waals surface area contributed by atoms with E-state index < -0.39 is 13.6 Å². The van der Waals surface area contributed by atoms with E-state index in [2.05, 4.69) is 20.3 Å². The molecule has 0 saturated carbocycles. The minimum Gasteiger partial charge on any atom is -0.481 e. The molecule has 0 saturated heterocycles. The Kier molecular flexibility index (Phi) is 13.1. The van der Waals surface area contributed by atoms with E-state index >= 15 is 0 Å².